The molecule has 2 aromatic rings. The van der Waals surface area contributed by atoms with Crippen LogP contribution in [-0.2, 0) is 0 Å². The number of amides is 1. The lowest BCUT2D eigenvalue weighted by molar-refractivity contribution is 0.0765. The maximum atomic E-state index is 12.4. The van der Waals surface area contributed by atoms with Gasteiger partial charge in [0.05, 0.1) is 6.10 Å². The zero-order valence-electron chi connectivity index (χ0n) is 12.9. The molecule has 1 unspecified atom stereocenters. The van der Waals surface area contributed by atoms with Crippen molar-refractivity contribution in [1.29, 1.82) is 0 Å². The van der Waals surface area contributed by atoms with E-state index >= 15 is 0 Å². The van der Waals surface area contributed by atoms with Gasteiger partial charge in [0.1, 0.15) is 0 Å². The number of halogens is 1. The number of anilines is 2. The SMILES string of the molecule is Cc1cc(C(=O)N2CCC(O)C2)ccc1Nc1cccc(Cl)c1. The highest BCUT2D eigenvalue weighted by molar-refractivity contribution is 6.30. The molecule has 0 radical (unpaired) electrons. The molecule has 3 rings (SSSR count). The largest absolute Gasteiger partial charge is 0.391 e. The number of rotatable bonds is 3. The van der Waals surface area contributed by atoms with E-state index in [9.17, 15) is 9.90 Å². The number of hydrogen-bond donors (Lipinski definition) is 2. The molecule has 120 valence electrons. The van der Waals surface area contributed by atoms with Gasteiger partial charge in [-0.25, -0.2) is 0 Å². The summed E-state index contributed by atoms with van der Waals surface area (Å²) in [7, 11) is 0. The summed E-state index contributed by atoms with van der Waals surface area (Å²) in [6.07, 6.45) is 0.253. The average Bonchev–Trinajstić information content (AvgIpc) is 2.95. The monoisotopic (exact) mass is 330 g/mol. The van der Waals surface area contributed by atoms with E-state index in [0.717, 1.165) is 16.9 Å². The second-order valence-corrected chi connectivity index (χ2v) is 6.30. The smallest absolute Gasteiger partial charge is 0.253 e. The summed E-state index contributed by atoms with van der Waals surface area (Å²) in [6.45, 7) is 2.99. The predicted molar refractivity (Wildman–Crippen MR) is 92.4 cm³/mol. The van der Waals surface area contributed by atoms with Crippen LogP contribution >= 0.6 is 11.6 Å². The van der Waals surface area contributed by atoms with Crippen molar-refractivity contribution in [3.8, 4) is 0 Å². The maximum absolute atomic E-state index is 12.4. The van der Waals surface area contributed by atoms with Crippen LogP contribution in [0.2, 0.25) is 5.02 Å². The van der Waals surface area contributed by atoms with E-state index in [-0.39, 0.29) is 5.91 Å². The van der Waals surface area contributed by atoms with Crippen LogP contribution in [0.4, 0.5) is 11.4 Å². The maximum Gasteiger partial charge on any atom is 0.253 e. The van der Waals surface area contributed by atoms with E-state index in [1.54, 1.807) is 4.90 Å². The number of benzene rings is 2. The molecule has 0 aromatic heterocycles. The molecular formula is C18H19ClN2O2. The minimum Gasteiger partial charge on any atom is -0.391 e. The average molecular weight is 331 g/mol. The number of carbonyl (C=O) groups excluding carboxylic acids is 1. The Morgan fingerprint density at radius 1 is 1.30 bits per heavy atom. The van der Waals surface area contributed by atoms with Gasteiger partial charge < -0.3 is 15.3 Å². The molecule has 1 aliphatic rings. The molecule has 1 heterocycles. The Morgan fingerprint density at radius 3 is 2.78 bits per heavy atom. The van der Waals surface area contributed by atoms with Crippen LogP contribution in [0.1, 0.15) is 22.3 Å². The molecule has 0 saturated carbocycles. The van der Waals surface area contributed by atoms with Crippen molar-refractivity contribution in [2.45, 2.75) is 19.4 Å². The van der Waals surface area contributed by atoms with E-state index < -0.39 is 6.10 Å². The van der Waals surface area contributed by atoms with Gasteiger partial charge in [-0.15, -0.1) is 0 Å². The van der Waals surface area contributed by atoms with Gasteiger partial charge in [-0.1, -0.05) is 17.7 Å². The predicted octanol–water partition coefficient (Wildman–Crippen LogP) is 3.60. The van der Waals surface area contributed by atoms with Crippen molar-refractivity contribution in [3.63, 3.8) is 0 Å². The summed E-state index contributed by atoms with van der Waals surface area (Å²) in [6, 6.07) is 13.1. The Kier molecular flexibility index (Phi) is 4.55. The third-order valence-electron chi connectivity index (χ3n) is 4.03. The number of β-amino-alcohol motifs (C(OH)–C–C–N with tert-alkyl or cyclic N) is 1. The highest BCUT2D eigenvalue weighted by atomic mass is 35.5. The lowest BCUT2D eigenvalue weighted by atomic mass is 10.1. The molecule has 2 aromatic carbocycles. The van der Waals surface area contributed by atoms with Crippen LogP contribution in [0, 0.1) is 6.92 Å². The number of nitrogens with one attached hydrogen (secondary N) is 1. The number of likely N-dealkylation sites (tertiary alicyclic amines) is 1. The van der Waals surface area contributed by atoms with Gasteiger partial charge in [-0.05, 0) is 55.3 Å². The Hall–Kier alpha value is -2.04. The van der Waals surface area contributed by atoms with Crippen molar-refractivity contribution in [3.05, 3.63) is 58.6 Å². The Morgan fingerprint density at radius 2 is 2.13 bits per heavy atom. The first kappa shape index (κ1) is 15.8. The third-order valence-corrected chi connectivity index (χ3v) is 4.26. The van der Waals surface area contributed by atoms with Gasteiger partial charge in [0.15, 0.2) is 0 Å². The fraction of sp³-hybridized carbons (Fsp3) is 0.278. The Bertz CT molecular complexity index is 733. The first-order valence-corrected chi connectivity index (χ1v) is 8.01. The van der Waals surface area contributed by atoms with E-state index in [2.05, 4.69) is 5.32 Å². The molecule has 1 aliphatic heterocycles. The summed E-state index contributed by atoms with van der Waals surface area (Å²) < 4.78 is 0. The minimum atomic E-state index is -0.399. The summed E-state index contributed by atoms with van der Waals surface area (Å²) in [5.41, 5.74) is 3.47. The number of carbonyl (C=O) groups is 1. The molecule has 5 heteroatoms. The second-order valence-electron chi connectivity index (χ2n) is 5.86. The summed E-state index contributed by atoms with van der Waals surface area (Å²) in [4.78, 5) is 14.1. The van der Waals surface area contributed by atoms with Crippen molar-refractivity contribution in [2.24, 2.45) is 0 Å². The van der Waals surface area contributed by atoms with Crippen LogP contribution in [0.3, 0.4) is 0 Å². The van der Waals surface area contributed by atoms with Gasteiger partial charge in [0.2, 0.25) is 0 Å². The zero-order chi connectivity index (χ0) is 16.4. The third kappa shape index (κ3) is 3.66. The van der Waals surface area contributed by atoms with Crippen LogP contribution in [0.5, 0.6) is 0 Å². The van der Waals surface area contributed by atoms with Crippen LogP contribution < -0.4 is 5.32 Å². The van der Waals surface area contributed by atoms with E-state index in [1.807, 2.05) is 49.4 Å². The fourth-order valence-corrected chi connectivity index (χ4v) is 2.96. The molecular weight excluding hydrogens is 312 g/mol. The molecule has 0 bridgehead atoms. The van der Waals surface area contributed by atoms with Gasteiger partial charge in [0, 0.05) is 35.1 Å². The van der Waals surface area contributed by atoms with Gasteiger partial charge in [0.25, 0.3) is 5.91 Å². The summed E-state index contributed by atoms with van der Waals surface area (Å²) in [5, 5.41) is 13.5. The highest BCUT2D eigenvalue weighted by Crippen LogP contribution is 2.24. The Balaban J connectivity index is 1.76. The number of aliphatic hydroxyl groups is 1. The van der Waals surface area contributed by atoms with Crippen molar-refractivity contribution >= 4 is 28.9 Å². The molecule has 1 amide bonds. The van der Waals surface area contributed by atoms with Crippen LogP contribution in [0.25, 0.3) is 0 Å². The quantitative estimate of drug-likeness (QED) is 0.904. The minimum absolute atomic E-state index is 0.0287. The molecule has 0 spiro atoms. The zero-order valence-corrected chi connectivity index (χ0v) is 13.7. The second kappa shape index (κ2) is 6.60. The van der Waals surface area contributed by atoms with E-state index in [4.69, 9.17) is 11.6 Å². The standard InChI is InChI=1S/C18H19ClN2O2/c1-12-9-13(18(23)21-8-7-16(22)11-21)5-6-17(12)20-15-4-2-3-14(19)10-15/h2-6,9-10,16,20,22H,7-8,11H2,1H3. The van der Waals surface area contributed by atoms with Gasteiger partial charge >= 0.3 is 0 Å². The topological polar surface area (TPSA) is 52.6 Å². The van der Waals surface area contributed by atoms with Gasteiger partial charge in [-0.3, -0.25) is 4.79 Å². The highest BCUT2D eigenvalue weighted by Gasteiger charge is 2.25. The number of aryl methyl sites for hydroxylation is 1. The van der Waals surface area contributed by atoms with Crippen molar-refractivity contribution in [2.75, 3.05) is 18.4 Å². The molecule has 0 aliphatic carbocycles. The van der Waals surface area contributed by atoms with Crippen molar-refractivity contribution in [1.82, 2.24) is 4.90 Å². The lowest BCUT2D eigenvalue weighted by Gasteiger charge is -2.17. The number of aliphatic hydroxyl groups excluding tert-OH is 1. The van der Waals surface area contributed by atoms with E-state index in [0.29, 0.717) is 30.1 Å². The first-order chi connectivity index (χ1) is 11.0. The number of nitrogens with zero attached hydrogens (tertiary/aromatic N) is 1. The van der Waals surface area contributed by atoms with Crippen LogP contribution in [0.15, 0.2) is 42.5 Å². The molecule has 4 nitrogen and oxygen atoms in total. The number of hydrogen-bond acceptors (Lipinski definition) is 3. The normalized spacial score (nSPS) is 17.3. The fourth-order valence-electron chi connectivity index (χ4n) is 2.77. The molecule has 1 atom stereocenters. The lowest BCUT2D eigenvalue weighted by Crippen LogP contribution is -2.29. The van der Waals surface area contributed by atoms with Gasteiger partial charge in [-0.2, -0.15) is 0 Å². The summed E-state index contributed by atoms with van der Waals surface area (Å²) in [5.74, 6) is -0.0287. The van der Waals surface area contributed by atoms with E-state index in [1.165, 1.54) is 0 Å². The van der Waals surface area contributed by atoms with Crippen molar-refractivity contribution < 1.29 is 9.90 Å². The molecule has 23 heavy (non-hydrogen) atoms. The van der Waals surface area contributed by atoms with Crippen LogP contribution in [-0.4, -0.2) is 35.1 Å². The molecule has 1 fully saturated rings. The first-order valence-electron chi connectivity index (χ1n) is 7.63. The molecule has 2 N–H and O–H groups in total. The summed E-state index contributed by atoms with van der Waals surface area (Å²) >= 11 is 5.99. The molecule has 1 saturated heterocycles. The Labute approximate surface area is 140 Å².